The average molecular weight is 325 g/mol. The van der Waals surface area contributed by atoms with Crippen molar-refractivity contribution in [1.29, 1.82) is 0 Å². The highest BCUT2D eigenvalue weighted by molar-refractivity contribution is 7.84. The van der Waals surface area contributed by atoms with Gasteiger partial charge in [0, 0.05) is 6.42 Å². The molecule has 1 saturated carbocycles. The van der Waals surface area contributed by atoms with E-state index in [0.717, 1.165) is 12.8 Å². The largest absolute Gasteiger partial charge is 0.489 e. The number of rotatable bonds is 3. The fourth-order valence-corrected chi connectivity index (χ4v) is 3.65. The third-order valence-electron chi connectivity index (χ3n) is 4.30. The Bertz CT molecular complexity index is 679. The maximum atomic E-state index is 12.3. The number of benzene rings is 1. The van der Waals surface area contributed by atoms with Crippen LogP contribution in [0.4, 0.5) is 0 Å². The number of carbonyl (C=O) groups is 1. The molecular formula is C15H19NO5S. The summed E-state index contributed by atoms with van der Waals surface area (Å²) in [6.45, 7) is 0. The summed E-state index contributed by atoms with van der Waals surface area (Å²) >= 11 is 0. The van der Waals surface area contributed by atoms with E-state index in [2.05, 4.69) is 4.18 Å². The first kappa shape index (κ1) is 15.3. The van der Waals surface area contributed by atoms with Gasteiger partial charge in [0.15, 0.2) is 5.78 Å². The molecule has 120 valence electrons. The second-order valence-corrected chi connectivity index (χ2v) is 7.07. The molecule has 0 bridgehead atoms. The molecule has 1 heterocycles. The summed E-state index contributed by atoms with van der Waals surface area (Å²) in [6.07, 6.45) is 6.07. The minimum atomic E-state index is -4.10. The van der Waals surface area contributed by atoms with Crippen molar-refractivity contribution < 1.29 is 22.1 Å². The van der Waals surface area contributed by atoms with Gasteiger partial charge in [0.1, 0.15) is 17.6 Å². The van der Waals surface area contributed by atoms with E-state index in [-0.39, 0.29) is 17.6 Å². The van der Waals surface area contributed by atoms with Crippen LogP contribution in [0.3, 0.4) is 0 Å². The molecule has 1 fully saturated rings. The minimum Gasteiger partial charge on any atom is -0.489 e. The summed E-state index contributed by atoms with van der Waals surface area (Å²) in [5, 5.41) is 4.83. The maximum Gasteiger partial charge on any atom is 0.380 e. The van der Waals surface area contributed by atoms with Gasteiger partial charge in [0.05, 0.1) is 5.56 Å². The zero-order valence-electron chi connectivity index (χ0n) is 12.2. The van der Waals surface area contributed by atoms with Crippen molar-refractivity contribution >= 4 is 16.1 Å². The van der Waals surface area contributed by atoms with Gasteiger partial charge in [-0.25, -0.2) is 0 Å². The molecule has 7 heteroatoms. The second kappa shape index (κ2) is 5.89. The van der Waals surface area contributed by atoms with Crippen LogP contribution in [0.2, 0.25) is 0 Å². The molecule has 1 atom stereocenters. The number of Topliss-reactive ketones (excluding diaryl/α,β-unsaturated/α-hetero) is 1. The first-order valence-electron chi connectivity index (χ1n) is 7.48. The number of fused-ring (bicyclic) bond motifs is 1. The zero-order valence-corrected chi connectivity index (χ0v) is 13.0. The molecule has 1 aromatic carbocycles. The molecule has 0 spiro atoms. The van der Waals surface area contributed by atoms with Crippen molar-refractivity contribution in [2.45, 2.75) is 44.6 Å². The lowest BCUT2D eigenvalue weighted by Gasteiger charge is -2.33. The van der Waals surface area contributed by atoms with Crippen molar-refractivity contribution in [3.05, 3.63) is 23.8 Å². The van der Waals surface area contributed by atoms with Gasteiger partial charge in [-0.3, -0.25) is 4.79 Å². The average Bonchev–Trinajstić information content (AvgIpc) is 2.47. The quantitative estimate of drug-likeness (QED) is 0.919. The van der Waals surface area contributed by atoms with Gasteiger partial charge in [0.2, 0.25) is 0 Å². The van der Waals surface area contributed by atoms with E-state index in [0.29, 0.717) is 23.7 Å². The second-order valence-electron chi connectivity index (χ2n) is 5.92. The van der Waals surface area contributed by atoms with Gasteiger partial charge >= 0.3 is 10.3 Å². The van der Waals surface area contributed by atoms with Gasteiger partial charge < -0.3 is 8.92 Å². The van der Waals surface area contributed by atoms with Crippen molar-refractivity contribution in [3.63, 3.8) is 0 Å². The molecule has 0 aromatic heterocycles. The fourth-order valence-electron chi connectivity index (χ4n) is 3.28. The summed E-state index contributed by atoms with van der Waals surface area (Å²) in [4.78, 5) is 12.3. The Kier molecular flexibility index (Phi) is 4.10. The third kappa shape index (κ3) is 3.41. The van der Waals surface area contributed by atoms with Crippen LogP contribution in [0, 0.1) is 5.92 Å². The Hall–Kier alpha value is -1.60. The van der Waals surface area contributed by atoms with Crippen molar-refractivity contribution in [2.75, 3.05) is 0 Å². The van der Waals surface area contributed by atoms with Crippen LogP contribution in [0.5, 0.6) is 11.5 Å². The zero-order chi connectivity index (χ0) is 15.7. The summed E-state index contributed by atoms with van der Waals surface area (Å²) in [5.74, 6) is 0.894. The van der Waals surface area contributed by atoms with E-state index in [1.165, 1.54) is 31.4 Å². The van der Waals surface area contributed by atoms with E-state index < -0.39 is 10.3 Å². The van der Waals surface area contributed by atoms with Crippen LogP contribution in [0.25, 0.3) is 0 Å². The highest BCUT2D eigenvalue weighted by atomic mass is 32.2. The molecule has 2 aliphatic rings. The molecule has 1 aromatic rings. The Morgan fingerprint density at radius 2 is 1.91 bits per heavy atom. The van der Waals surface area contributed by atoms with Crippen LogP contribution in [0.1, 0.15) is 48.9 Å². The van der Waals surface area contributed by atoms with Crippen LogP contribution in [-0.4, -0.2) is 20.3 Å². The molecule has 0 amide bonds. The first-order valence-corrected chi connectivity index (χ1v) is 8.95. The van der Waals surface area contributed by atoms with E-state index in [1.807, 2.05) is 0 Å². The Morgan fingerprint density at radius 3 is 2.59 bits per heavy atom. The normalized spacial score (nSPS) is 22.8. The van der Waals surface area contributed by atoms with Gasteiger partial charge in [-0.05, 0) is 37.0 Å². The monoisotopic (exact) mass is 325 g/mol. The minimum absolute atomic E-state index is 0.0225. The molecular weight excluding hydrogens is 306 g/mol. The highest BCUT2D eigenvalue weighted by Crippen LogP contribution is 2.37. The van der Waals surface area contributed by atoms with Gasteiger partial charge in [0.25, 0.3) is 0 Å². The smallest absolute Gasteiger partial charge is 0.380 e. The molecule has 0 saturated heterocycles. The molecule has 3 rings (SSSR count). The molecule has 1 unspecified atom stereocenters. The van der Waals surface area contributed by atoms with E-state index in [4.69, 9.17) is 9.88 Å². The standard InChI is InChI=1S/C15H19NO5S/c16-22(18,19)21-11-6-7-14-12(8-11)13(17)9-15(20-14)10-4-2-1-3-5-10/h6-8,10,15H,1-5,9H2,(H2,16,18,19). The van der Waals surface area contributed by atoms with Crippen molar-refractivity contribution in [2.24, 2.45) is 11.1 Å². The molecule has 1 aliphatic heterocycles. The van der Waals surface area contributed by atoms with Crippen LogP contribution < -0.4 is 14.1 Å². The Labute approximate surface area is 129 Å². The van der Waals surface area contributed by atoms with Gasteiger partial charge in [-0.15, -0.1) is 0 Å². The van der Waals surface area contributed by atoms with Crippen LogP contribution >= 0.6 is 0 Å². The molecule has 2 N–H and O–H groups in total. The third-order valence-corrected chi connectivity index (χ3v) is 4.73. The molecule has 6 nitrogen and oxygen atoms in total. The summed E-state index contributed by atoms with van der Waals surface area (Å²) in [5.41, 5.74) is 0.355. The van der Waals surface area contributed by atoms with E-state index >= 15 is 0 Å². The highest BCUT2D eigenvalue weighted by Gasteiger charge is 2.33. The number of carbonyl (C=O) groups excluding carboxylic acids is 1. The summed E-state index contributed by atoms with van der Waals surface area (Å²) in [6, 6.07) is 4.39. The van der Waals surface area contributed by atoms with Gasteiger partial charge in [-0.2, -0.15) is 13.6 Å². The lowest BCUT2D eigenvalue weighted by molar-refractivity contribution is 0.0655. The number of hydrogen-bond donors (Lipinski definition) is 1. The predicted octanol–water partition coefficient (Wildman–Crippen LogP) is 2.18. The number of ether oxygens (including phenoxy) is 1. The topological polar surface area (TPSA) is 95.7 Å². The molecule has 0 radical (unpaired) electrons. The number of ketones is 1. The summed E-state index contributed by atoms with van der Waals surface area (Å²) in [7, 11) is -4.10. The van der Waals surface area contributed by atoms with Crippen LogP contribution in [0.15, 0.2) is 18.2 Å². The van der Waals surface area contributed by atoms with Crippen LogP contribution in [-0.2, 0) is 10.3 Å². The van der Waals surface area contributed by atoms with E-state index in [9.17, 15) is 13.2 Å². The number of nitrogens with two attached hydrogens (primary N) is 1. The lowest BCUT2D eigenvalue weighted by Crippen LogP contribution is -2.34. The summed E-state index contributed by atoms with van der Waals surface area (Å²) < 4.78 is 32.5. The predicted molar refractivity (Wildman–Crippen MR) is 80.1 cm³/mol. The molecule has 1 aliphatic carbocycles. The number of hydrogen-bond acceptors (Lipinski definition) is 5. The van der Waals surface area contributed by atoms with E-state index in [1.54, 1.807) is 6.07 Å². The SMILES string of the molecule is NS(=O)(=O)Oc1ccc2c(c1)C(=O)CC(C1CCCCC1)O2. The maximum absolute atomic E-state index is 12.3. The molecule has 22 heavy (non-hydrogen) atoms. The fraction of sp³-hybridized carbons (Fsp3) is 0.533. The Morgan fingerprint density at radius 1 is 1.18 bits per heavy atom. The van der Waals surface area contributed by atoms with Crippen molar-refractivity contribution in [1.82, 2.24) is 0 Å². The van der Waals surface area contributed by atoms with Gasteiger partial charge in [-0.1, -0.05) is 19.3 Å². The lowest BCUT2D eigenvalue weighted by atomic mass is 9.82. The van der Waals surface area contributed by atoms with Crippen molar-refractivity contribution in [3.8, 4) is 11.5 Å². The first-order chi connectivity index (χ1) is 10.4. The Balaban J connectivity index is 1.80.